The standard InChI is InChI=1S/C36H37ClFN3O6S/c1-3-25(2)39-36(43)32(21-26-8-5-4-6-9-26)40(23-27-10-7-11-28(37)20-27)35(42)24-41(30-14-12-29(38)13-15-30)48(44,45)31-16-17-33-34(22-31)47-19-18-46-33/h4-17,20,22,25,32H,3,18-19,21,23-24H2,1-2H3,(H,39,43). The molecule has 2 unspecified atom stereocenters. The minimum absolute atomic E-state index is 0.0356. The van der Waals surface area contributed by atoms with Crippen molar-refractivity contribution in [1.82, 2.24) is 10.2 Å². The lowest BCUT2D eigenvalue weighted by Gasteiger charge is -2.34. The van der Waals surface area contributed by atoms with Gasteiger partial charge in [-0.25, -0.2) is 12.8 Å². The quantitative estimate of drug-likeness (QED) is 0.184. The Kier molecular flexibility index (Phi) is 11.2. The fraction of sp³-hybridized carbons (Fsp3) is 0.278. The largest absolute Gasteiger partial charge is 0.486 e. The van der Waals surface area contributed by atoms with Crippen LogP contribution in [0.3, 0.4) is 0 Å². The van der Waals surface area contributed by atoms with Gasteiger partial charge < -0.3 is 19.7 Å². The molecule has 1 N–H and O–H groups in total. The summed E-state index contributed by atoms with van der Waals surface area (Å²) in [6.45, 7) is 3.66. The van der Waals surface area contributed by atoms with Gasteiger partial charge in [-0.15, -0.1) is 0 Å². The number of anilines is 1. The third kappa shape index (κ3) is 8.45. The Balaban J connectivity index is 1.58. The van der Waals surface area contributed by atoms with E-state index in [1.165, 1.54) is 35.2 Å². The number of hydrogen-bond donors (Lipinski definition) is 1. The summed E-state index contributed by atoms with van der Waals surface area (Å²) in [6.07, 6.45) is 0.832. The van der Waals surface area contributed by atoms with Crippen molar-refractivity contribution in [2.24, 2.45) is 0 Å². The highest BCUT2D eigenvalue weighted by molar-refractivity contribution is 7.92. The lowest BCUT2D eigenvalue weighted by atomic mass is 10.0. The second-order valence-corrected chi connectivity index (χ2v) is 13.8. The molecule has 0 saturated carbocycles. The van der Waals surface area contributed by atoms with Crippen LogP contribution >= 0.6 is 11.6 Å². The number of ether oxygens (including phenoxy) is 2. The molecule has 9 nitrogen and oxygen atoms in total. The van der Waals surface area contributed by atoms with Crippen LogP contribution in [-0.2, 0) is 32.6 Å². The monoisotopic (exact) mass is 693 g/mol. The molecule has 4 aromatic rings. The second kappa shape index (κ2) is 15.5. The van der Waals surface area contributed by atoms with E-state index in [-0.39, 0.29) is 47.9 Å². The predicted octanol–water partition coefficient (Wildman–Crippen LogP) is 6.00. The minimum Gasteiger partial charge on any atom is -0.486 e. The Bertz CT molecular complexity index is 1840. The molecule has 0 saturated heterocycles. The third-order valence-corrected chi connectivity index (χ3v) is 10.0. The van der Waals surface area contributed by atoms with Crippen LogP contribution in [0, 0.1) is 5.82 Å². The van der Waals surface area contributed by atoms with E-state index in [1.54, 1.807) is 24.3 Å². The zero-order valence-corrected chi connectivity index (χ0v) is 28.2. The molecule has 2 amide bonds. The Morgan fingerprint density at radius 3 is 2.27 bits per heavy atom. The number of nitrogens with one attached hydrogen (secondary N) is 1. The maximum atomic E-state index is 14.6. The molecule has 0 fully saturated rings. The topological polar surface area (TPSA) is 105 Å². The number of carbonyl (C=O) groups is 2. The van der Waals surface area contributed by atoms with Gasteiger partial charge in [-0.3, -0.25) is 13.9 Å². The van der Waals surface area contributed by atoms with Gasteiger partial charge in [-0.05, 0) is 73.0 Å². The molecule has 0 spiro atoms. The minimum atomic E-state index is -4.43. The first-order valence-electron chi connectivity index (χ1n) is 15.6. The van der Waals surface area contributed by atoms with Crippen LogP contribution in [-0.4, -0.2) is 57.0 Å². The maximum Gasteiger partial charge on any atom is 0.264 e. The van der Waals surface area contributed by atoms with Gasteiger partial charge in [-0.2, -0.15) is 0 Å². The average Bonchev–Trinajstić information content (AvgIpc) is 3.09. The molecular formula is C36H37ClFN3O6S. The molecule has 1 aliphatic heterocycles. The van der Waals surface area contributed by atoms with Crippen LogP contribution in [0.25, 0.3) is 0 Å². The molecule has 0 bridgehead atoms. The number of benzene rings is 4. The zero-order valence-electron chi connectivity index (χ0n) is 26.6. The van der Waals surface area contributed by atoms with Gasteiger partial charge in [0.15, 0.2) is 11.5 Å². The summed E-state index contributed by atoms with van der Waals surface area (Å²) < 4.78 is 54.8. The van der Waals surface area contributed by atoms with Crippen molar-refractivity contribution in [3.8, 4) is 11.5 Å². The molecule has 0 aliphatic carbocycles. The number of rotatable bonds is 13. The van der Waals surface area contributed by atoms with Crippen molar-refractivity contribution >= 4 is 39.1 Å². The van der Waals surface area contributed by atoms with E-state index in [1.807, 2.05) is 44.2 Å². The maximum absolute atomic E-state index is 14.6. The van der Waals surface area contributed by atoms with E-state index >= 15 is 0 Å². The van der Waals surface area contributed by atoms with Gasteiger partial charge in [0.1, 0.15) is 31.6 Å². The summed E-state index contributed by atoms with van der Waals surface area (Å²) in [7, 11) is -4.43. The molecule has 252 valence electrons. The Hall–Kier alpha value is -4.61. The molecule has 0 aromatic heterocycles. The number of amides is 2. The van der Waals surface area contributed by atoms with E-state index in [2.05, 4.69) is 5.32 Å². The van der Waals surface area contributed by atoms with E-state index in [0.717, 1.165) is 22.0 Å². The number of halogens is 2. The molecule has 2 atom stereocenters. The first-order valence-corrected chi connectivity index (χ1v) is 17.4. The smallest absolute Gasteiger partial charge is 0.264 e. The predicted molar refractivity (Wildman–Crippen MR) is 182 cm³/mol. The molecule has 1 aliphatic rings. The van der Waals surface area contributed by atoms with Gasteiger partial charge >= 0.3 is 0 Å². The van der Waals surface area contributed by atoms with E-state index in [0.29, 0.717) is 29.4 Å². The highest BCUT2D eigenvalue weighted by Gasteiger charge is 2.35. The van der Waals surface area contributed by atoms with Crippen molar-refractivity contribution in [2.45, 2.75) is 50.2 Å². The molecule has 0 radical (unpaired) electrons. The van der Waals surface area contributed by atoms with Gasteiger partial charge in [0.2, 0.25) is 11.8 Å². The Morgan fingerprint density at radius 1 is 0.896 bits per heavy atom. The van der Waals surface area contributed by atoms with Crippen molar-refractivity contribution in [3.63, 3.8) is 0 Å². The lowest BCUT2D eigenvalue weighted by Crippen LogP contribution is -2.54. The molecule has 4 aromatic carbocycles. The van der Waals surface area contributed by atoms with Crippen molar-refractivity contribution in [3.05, 3.63) is 119 Å². The molecular weight excluding hydrogens is 657 g/mol. The average molecular weight is 694 g/mol. The first-order chi connectivity index (χ1) is 23.0. The fourth-order valence-electron chi connectivity index (χ4n) is 5.27. The van der Waals surface area contributed by atoms with Crippen LogP contribution in [0.4, 0.5) is 10.1 Å². The molecule has 1 heterocycles. The molecule has 5 rings (SSSR count). The number of carbonyl (C=O) groups excluding carboxylic acids is 2. The SMILES string of the molecule is CCC(C)NC(=O)C(Cc1ccccc1)N(Cc1cccc(Cl)c1)C(=O)CN(c1ccc(F)cc1)S(=O)(=O)c1ccc2c(c1)OCCO2. The van der Waals surface area contributed by atoms with Crippen molar-refractivity contribution in [1.29, 1.82) is 0 Å². The van der Waals surface area contributed by atoms with E-state index < -0.39 is 34.3 Å². The third-order valence-electron chi connectivity index (χ3n) is 8.01. The number of hydrogen-bond acceptors (Lipinski definition) is 6. The summed E-state index contributed by atoms with van der Waals surface area (Å²) in [4.78, 5) is 29.7. The molecule has 12 heteroatoms. The number of nitrogens with zero attached hydrogens (tertiary/aromatic N) is 2. The zero-order chi connectivity index (χ0) is 34.3. The van der Waals surface area contributed by atoms with Gasteiger partial charge in [0, 0.05) is 30.1 Å². The number of fused-ring (bicyclic) bond motifs is 1. The fourth-order valence-corrected chi connectivity index (χ4v) is 6.92. The highest BCUT2D eigenvalue weighted by Crippen LogP contribution is 2.34. The van der Waals surface area contributed by atoms with Crippen LogP contribution in [0.5, 0.6) is 11.5 Å². The molecule has 48 heavy (non-hydrogen) atoms. The summed E-state index contributed by atoms with van der Waals surface area (Å²) in [5, 5.41) is 3.44. The highest BCUT2D eigenvalue weighted by atomic mass is 35.5. The Morgan fingerprint density at radius 2 is 1.58 bits per heavy atom. The second-order valence-electron chi connectivity index (χ2n) is 11.5. The van der Waals surface area contributed by atoms with E-state index in [4.69, 9.17) is 21.1 Å². The van der Waals surface area contributed by atoms with Gasteiger partial charge in [-0.1, -0.05) is 61.0 Å². The van der Waals surface area contributed by atoms with Crippen LogP contribution < -0.4 is 19.1 Å². The van der Waals surface area contributed by atoms with Crippen LogP contribution in [0.2, 0.25) is 5.02 Å². The van der Waals surface area contributed by atoms with Gasteiger partial charge in [0.05, 0.1) is 10.6 Å². The lowest BCUT2D eigenvalue weighted by molar-refractivity contribution is -0.140. The summed E-state index contributed by atoms with van der Waals surface area (Å²) >= 11 is 6.30. The summed E-state index contributed by atoms with van der Waals surface area (Å²) in [5.74, 6) is -0.963. The first kappa shape index (κ1) is 34.7. The van der Waals surface area contributed by atoms with Crippen molar-refractivity contribution in [2.75, 3.05) is 24.1 Å². The summed E-state index contributed by atoms with van der Waals surface area (Å²) in [5.41, 5.74) is 1.52. The van der Waals surface area contributed by atoms with Gasteiger partial charge in [0.25, 0.3) is 10.0 Å². The van der Waals surface area contributed by atoms with E-state index in [9.17, 15) is 22.4 Å². The van der Waals surface area contributed by atoms with Crippen LogP contribution in [0.15, 0.2) is 102 Å². The number of sulfonamides is 1. The summed E-state index contributed by atoms with van der Waals surface area (Å²) in [6, 6.07) is 24.0. The Labute approximate surface area is 285 Å². The van der Waals surface area contributed by atoms with Crippen molar-refractivity contribution < 1.29 is 31.9 Å². The normalized spacial score (nSPS) is 13.7. The van der Waals surface area contributed by atoms with Crippen LogP contribution in [0.1, 0.15) is 31.4 Å².